The Balaban J connectivity index is 1.94. The van der Waals surface area contributed by atoms with E-state index in [0.717, 1.165) is 11.0 Å². The summed E-state index contributed by atoms with van der Waals surface area (Å²) >= 11 is 1.79. The number of allylic oxidation sites excluding steroid dienone is 4. The molecule has 2 nitrogen and oxygen atoms in total. The molecule has 0 bridgehead atoms. The van der Waals surface area contributed by atoms with Crippen molar-refractivity contribution in [3.05, 3.63) is 73.3 Å². The van der Waals surface area contributed by atoms with Crippen molar-refractivity contribution in [1.29, 1.82) is 0 Å². The minimum atomic E-state index is -0.368. The maximum absolute atomic E-state index is 6.34. The molecule has 1 aliphatic heterocycles. The highest BCUT2D eigenvalue weighted by atomic mass is 32.1. The lowest BCUT2D eigenvalue weighted by molar-refractivity contribution is 0.00578. The SMILES string of the molecule is C=C/C=C(\C=C)c1cccc2c1sc1c(B3OC(C)(C)C(C)(C)O3)cccc12. The molecule has 0 amide bonds. The van der Waals surface area contributed by atoms with Crippen LogP contribution >= 0.6 is 11.3 Å². The van der Waals surface area contributed by atoms with Crippen LogP contribution in [0, 0.1) is 0 Å². The largest absolute Gasteiger partial charge is 0.496 e. The highest BCUT2D eigenvalue weighted by Crippen LogP contribution is 2.40. The van der Waals surface area contributed by atoms with E-state index in [1.807, 2.05) is 12.2 Å². The number of thiophene rings is 1. The van der Waals surface area contributed by atoms with E-state index in [1.165, 1.54) is 25.7 Å². The zero-order valence-corrected chi connectivity index (χ0v) is 17.7. The second kappa shape index (κ2) is 6.73. The van der Waals surface area contributed by atoms with Crippen molar-refractivity contribution in [3.63, 3.8) is 0 Å². The lowest BCUT2D eigenvalue weighted by Gasteiger charge is -2.32. The normalized spacial score (nSPS) is 18.7. The van der Waals surface area contributed by atoms with Crippen molar-refractivity contribution in [2.75, 3.05) is 0 Å². The second-order valence-electron chi connectivity index (χ2n) is 8.16. The number of fused-ring (bicyclic) bond motifs is 3. The van der Waals surface area contributed by atoms with Crippen molar-refractivity contribution in [2.24, 2.45) is 0 Å². The first-order valence-corrected chi connectivity index (χ1v) is 10.4. The molecular weight excluding hydrogens is 363 g/mol. The molecule has 0 aliphatic carbocycles. The van der Waals surface area contributed by atoms with Crippen LogP contribution in [0.4, 0.5) is 0 Å². The summed E-state index contributed by atoms with van der Waals surface area (Å²) < 4.78 is 15.1. The molecule has 2 aromatic carbocycles. The van der Waals surface area contributed by atoms with Gasteiger partial charge in [-0.2, -0.15) is 0 Å². The van der Waals surface area contributed by atoms with Crippen molar-refractivity contribution in [3.8, 4) is 0 Å². The van der Waals surface area contributed by atoms with Gasteiger partial charge in [0.05, 0.1) is 11.2 Å². The smallest absolute Gasteiger partial charge is 0.399 e. The Kier molecular flexibility index (Phi) is 4.61. The minimum Gasteiger partial charge on any atom is -0.399 e. The van der Waals surface area contributed by atoms with Gasteiger partial charge in [0.2, 0.25) is 0 Å². The number of hydrogen-bond acceptors (Lipinski definition) is 3. The molecule has 2 heterocycles. The fourth-order valence-corrected chi connectivity index (χ4v) is 4.98. The average molecular weight is 388 g/mol. The van der Waals surface area contributed by atoms with Gasteiger partial charge in [0, 0.05) is 20.2 Å². The summed E-state index contributed by atoms with van der Waals surface area (Å²) in [7, 11) is -0.368. The van der Waals surface area contributed by atoms with Gasteiger partial charge in [-0.15, -0.1) is 11.3 Å². The number of benzene rings is 2. The van der Waals surface area contributed by atoms with Crippen molar-refractivity contribution in [1.82, 2.24) is 0 Å². The van der Waals surface area contributed by atoms with Gasteiger partial charge in [-0.1, -0.05) is 67.8 Å². The third-order valence-electron chi connectivity index (χ3n) is 5.89. The average Bonchev–Trinajstić information content (AvgIpc) is 3.13. The quantitative estimate of drug-likeness (QED) is 0.397. The predicted molar refractivity (Wildman–Crippen MR) is 123 cm³/mol. The van der Waals surface area contributed by atoms with Crippen LogP contribution in [0.5, 0.6) is 0 Å². The summed E-state index contributed by atoms with van der Waals surface area (Å²) in [6, 6.07) is 12.8. The molecule has 1 aromatic heterocycles. The Morgan fingerprint density at radius 3 is 2.14 bits per heavy atom. The molecular formula is C24H25BO2S. The Morgan fingerprint density at radius 1 is 0.929 bits per heavy atom. The maximum atomic E-state index is 6.34. The van der Waals surface area contributed by atoms with Crippen LogP contribution in [-0.4, -0.2) is 18.3 Å². The van der Waals surface area contributed by atoms with Gasteiger partial charge in [0.1, 0.15) is 0 Å². The zero-order valence-electron chi connectivity index (χ0n) is 16.9. The fourth-order valence-electron chi connectivity index (χ4n) is 3.62. The van der Waals surface area contributed by atoms with Crippen LogP contribution in [-0.2, 0) is 9.31 Å². The van der Waals surface area contributed by atoms with E-state index in [9.17, 15) is 0 Å². The second-order valence-corrected chi connectivity index (χ2v) is 9.18. The summed E-state index contributed by atoms with van der Waals surface area (Å²) in [5, 5.41) is 2.48. The standard InChI is InChI=1S/C24H25BO2S/c1-7-11-16(8-2)17-12-9-13-18-19-14-10-15-20(22(19)28-21(17)18)25-26-23(3,4)24(5,6)27-25/h7-15H,1-2H2,3-6H3/b16-11+. The molecule has 4 heteroatoms. The Morgan fingerprint density at radius 2 is 1.54 bits per heavy atom. The molecule has 1 aliphatic rings. The monoisotopic (exact) mass is 388 g/mol. The van der Waals surface area contributed by atoms with Gasteiger partial charge in [0.15, 0.2) is 0 Å². The number of hydrogen-bond donors (Lipinski definition) is 0. The Bertz CT molecular complexity index is 1100. The van der Waals surface area contributed by atoms with Crippen molar-refractivity contribution < 1.29 is 9.31 Å². The summed E-state index contributed by atoms with van der Waals surface area (Å²) in [5.41, 5.74) is 2.63. The maximum Gasteiger partial charge on any atom is 0.496 e. The lowest BCUT2D eigenvalue weighted by Crippen LogP contribution is -2.41. The molecule has 4 rings (SSSR count). The third-order valence-corrected chi connectivity index (χ3v) is 7.19. The van der Waals surface area contributed by atoms with Crippen molar-refractivity contribution >= 4 is 49.7 Å². The van der Waals surface area contributed by atoms with E-state index >= 15 is 0 Å². The van der Waals surface area contributed by atoms with Crippen LogP contribution in [0.1, 0.15) is 33.3 Å². The van der Waals surface area contributed by atoms with Crippen LogP contribution in [0.3, 0.4) is 0 Å². The predicted octanol–water partition coefficient (Wildman–Crippen LogP) is 6.11. The van der Waals surface area contributed by atoms with E-state index in [1.54, 1.807) is 17.4 Å². The van der Waals surface area contributed by atoms with Gasteiger partial charge in [-0.3, -0.25) is 0 Å². The number of rotatable bonds is 4. The molecule has 1 fully saturated rings. The van der Waals surface area contributed by atoms with E-state index in [4.69, 9.17) is 9.31 Å². The van der Waals surface area contributed by atoms with Crippen LogP contribution in [0.15, 0.2) is 67.8 Å². The molecule has 0 radical (unpaired) electrons. The molecule has 28 heavy (non-hydrogen) atoms. The first kappa shape index (κ1) is 19.2. The van der Waals surface area contributed by atoms with Crippen LogP contribution in [0.25, 0.3) is 25.7 Å². The summed E-state index contributed by atoms with van der Waals surface area (Å²) in [6.45, 7) is 16.2. The fraction of sp³-hybridized carbons (Fsp3) is 0.250. The first-order chi connectivity index (χ1) is 13.3. The molecule has 0 atom stereocenters. The van der Waals surface area contributed by atoms with E-state index < -0.39 is 0 Å². The summed E-state index contributed by atoms with van der Waals surface area (Å²) in [5.74, 6) is 0. The van der Waals surface area contributed by atoms with Gasteiger partial charge >= 0.3 is 7.12 Å². The van der Waals surface area contributed by atoms with Crippen LogP contribution in [0.2, 0.25) is 0 Å². The van der Waals surface area contributed by atoms with Crippen LogP contribution < -0.4 is 5.46 Å². The van der Waals surface area contributed by atoms with Crippen molar-refractivity contribution in [2.45, 2.75) is 38.9 Å². The molecule has 0 N–H and O–H groups in total. The van der Waals surface area contributed by atoms with Gasteiger partial charge in [0.25, 0.3) is 0 Å². The van der Waals surface area contributed by atoms with Gasteiger partial charge < -0.3 is 9.31 Å². The molecule has 0 unspecified atom stereocenters. The molecule has 142 valence electrons. The van der Waals surface area contributed by atoms with Gasteiger partial charge in [-0.25, -0.2) is 0 Å². The zero-order chi connectivity index (χ0) is 20.1. The first-order valence-electron chi connectivity index (χ1n) is 9.54. The van der Waals surface area contributed by atoms with E-state index in [2.05, 4.69) is 77.3 Å². The third kappa shape index (κ3) is 2.88. The molecule has 3 aromatic rings. The molecule has 0 saturated carbocycles. The topological polar surface area (TPSA) is 18.5 Å². The Hall–Kier alpha value is -2.14. The van der Waals surface area contributed by atoms with Gasteiger partial charge in [-0.05, 0) is 44.2 Å². The summed E-state index contributed by atoms with van der Waals surface area (Å²) in [6.07, 6.45) is 5.69. The highest BCUT2D eigenvalue weighted by Gasteiger charge is 2.52. The molecule has 1 saturated heterocycles. The molecule has 0 spiro atoms. The van der Waals surface area contributed by atoms with E-state index in [-0.39, 0.29) is 18.3 Å². The highest BCUT2D eigenvalue weighted by molar-refractivity contribution is 7.27. The minimum absolute atomic E-state index is 0.357. The van der Waals surface area contributed by atoms with E-state index in [0.29, 0.717) is 0 Å². The lowest BCUT2D eigenvalue weighted by atomic mass is 9.78. The Labute approximate surface area is 171 Å². The summed E-state index contributed by atoms with van der Waals surface area (Å²) in [4.78, 5) is 0.